The van der Waals surface area contributed by atoms with Crippen LogP contribution in [0.15, 0.2) is 58.3 Å². The highest BCUT2D eigenvalue weighted by molar-refractivity contribution is 7.91. The molecule has 0 saturated carbocycles. The van der Waals surface area contributed by atoms with Crippen molar-refractivity contribution in [3.8, 4) is 0 Å². The zero-order valence-corrected chi connectivity index (χ0v) is 15.0. The molecule has 0 fully saturated rings. The topological polar surface area (TPSA) is 121 Å². The molecule has 7 nitrogen and oxygen atoms in total. The normalized spacial score (nSPS) is 14.2. The van der Waals surface area contributed by atoms with Gasteiger partial charge in [0.2, 0.25) is 15.4 Å². The molecule has 0 radical (unpaired) electrons. The Balaban J connectivity index is 2.48. The molecule has 1 amide bonds. The first-order valence-electron chi connectivity index (χ1n) is 7.56. The number of benzene rings is 2. The fourth-order valence-electron chi connectivity index (χ4n) is 2.08. The van der Waals surface area contributed by atoms with Crippen LogP contribution in [0, 0.1) is 0 Å². The van der Waals surface area contributed by atoms with Gasteiger partial charge in [0, 0.05) is 0 Å². The highest BCUT2D eigenvalue weighted by Crippen LogP contribution is 2.32. The lowest BCUT2D eigenvalue weighted by Crippen LogP contribution is -2.52. The van der Waals surface area contributed by atoms with Crippen molar-refractivity contribution in [2.75, 3.05) is 5.32 Å². The Hall–Kier alpha value is -2.92. The van der Waals surface area contributed by atoms with E-state index in [9.17, 15) is 41.4 Å². The number of amides is 1. The lowest BCUT2D eigenvalue weighted by Gasteiger charge is -2.25. The minimum Gasteiger partial charge on any atom is -0.478 e. The Morgan fingerprint density at radius 2 is 1.57 bits per heavy atom. The van der Waals surface area contributed by atoms with Crippen LogP contribution in [0.5, 0.6) is 0 Å². The van der Waals surface area contributed by atoms with Gasteiger partial charge in [0.05, 0.1) is 21.0 Å². The van der Waals surface area contributed by atoms with Crippen LogP contribution < -0.4 is 5.32 Å². The van der Waals surface area contributed by atoms with Crippen LogP contribution >= 0.6 is 0 Å². The van der Waals surface area contributed by atoms with E-state index in [1.165, 1.54) is 24.3 Å². The summed E-state index contributed by atoms with van der Waals surface area (Å²) in [5.74, 6) is -3.60. The third-order valence-corrected chi connectivity index (χ3v) is 5.59. The molecule has 3 N–H and O–H groups in total. The Bertz CT molecular complexity index is 1020. The smallest absolute Gasteiger partial charge is 0.426 e. The highest BCUT2D eigenvalue weighted by atomic mass is 32.2. The number of nitrogens with one attached hydrogen (secondary N) is 1. The number of rotatable bonds is 5. The highest BCUT2D eigenvalue weighted by Gasteiger charge is 2.55. The number of aliphatic hydroxyl groups is 1. The number of aromatic carboxylic acids is 1. The molecule has 0 bridgehead atoms. The number of carbonyl (C=O) groups is 2. The van der Waals surface area contributed by atoms with Crippen LogP contribution in [0.3, 0.4) is 0 Å². The Morgan fingerprint density at radius 3 is 2.07 bits per heavy atom. The summed E-state index contributed by atoms with van der Waals surface area (Å²) in [7, 11) is -4.10. The van der Waals surface area contributed by atoms with Gasteiger partial charge >= 0.3 is 12.1 Å². The fourth-order valence-corrected chi connectivity index (χ4v) is 3.39. The Morgan fingerprint density at radius 1 is 1.00 bits per heavy atom. The molecule has 150 valence electrons. The molecule has 28 heavy (non-hydrogen) atoms. The molecule has 0 saturated heterocycles. The van der Waals surface area contributed by atoms with Gasteiger partial charge in [0.1, 0.15) is 0 Å². The average Bonchev–Trinajstić information content (AvgIpc) is 2.61. The van der Waals surface area contributed by atoms with Crippen molar-refractivity contribution in [1.82, 2.24) is 0 Å². The molecule has 0 spiro atoms. The molecule has 0 aliphatic heterocycles. The molecule has 0 heterocycles. The van der Waals surface area contributed by atoms with E-state index in [4.69, 9.17) is 0 Å². The number of hydrogen-bond acceptors (Lipinski definition) is 5. The number of carbonyl (C=O) groups excluding carboxylic acids is 1. The van der Waals surface area contributed by atoms with Gasteiger partial charge in [-0.2, -0.15) is 13.2 Å². The first kappa shape index (κ1) is 21.4. The summed E-state index contributed by atoms with van der Waals surface area (Å²) in [4.78, 5) is 22.6. The summed E-state index contributed by atoms with van der Waals surface area (Å²) >= 11 is 0. The van der Waals surface area contributed by atoms with Gasteiger partial charge in [-0.25, -0.2) is 13.2 Å². The van der Waals surface area contributed by atoms with Crippen LogP contribution in [0.25, 0.3) is 0 Å². The molecule has 2 aromatic rings. The summed E-state index contributed by atoms with van der Waals surface area (Å²) in [6, 6.07) is 9.54. The molecule has 11 heteroatoms. The standard InChI is InChI=1S/C17H14F3NO6S/c1-16(25,17(18,19)20)15(24)21-13-8-7-11(9-12(13)14(22)23)28(26,27)10-5-3-2-4-6-10/h2-9,25H,1H3,(H,21,24)(H,22,23). The van der Waals surface area contributed by atoms with E-state index in [2.05, 4.69) is 0 Å². The Labute approximate surface area is 157 Å². The van der Waals surface area contributed by atoms with E-state index in [-0.39, 0.29) is 11.8 Å². The summed E-state index contributed by atoms with van der Waals surface area (Å²) in [5, 5.41) is 20.3. The summed E-state index contributed by atoms with van der Waals surface area (Å²) in [6.45, 7) is 0.205. The lowest BCUT2D eigenvalue weighted by molar-refractivity contribution is -0.242. The van der Waals surface area contributed by atoms with Gasteiger partial charge in [0.25, 0.3) is 5.91 Å². The summed E-state index contributed by atoms with van der Waals surface area (Å²) in [6.07, 6.45) is -5.31. The van der Waals surface area contributed by atoms with Gasteiger partial charge in [-0.1, -0.05) is 18.2 Å². The van der Waals surface area contributed by atoms with Crippen molar-refractivity contribution in [2.24, 2.45) is 0 Å². The SMILES string of the molecule is CC(O)(C(=O)Nc1ccc(S(=O)(=O)c2ccccc2)cc1C(=O)O)C(F)(F)F. The third kappa shape index (κ3) is 3.99. The average molecular weight is 417 g/mol. The molecule has 1 unspecified atom stereocenters. The van der Waals surface area contributed by atoms with Crippen LogP contribution in [0.2, 0.25) is 0 Å². The van der Waals surface area contributed by atoms with E-state index in [0.29, 0.717) is 6.07 Å². The number of halogens is 3. The van der Waals surface area contributed by atoms with Crippen molar-refractivity contribution < 1.29 is 41.4 Å². The summed E-state index contributed by atoms with van der Waals surface area (Å²) in [5.41, 5.74) is -5.14. The van der Waals surface area contributed by atoms with E-state index in [1.807, 2.05) is 0 Å². The number of carboxylic acid groups (broad SMARTS) is 1. The van der Waals surface area contributed by atoms with E-state index in [1.54, 1.807) is 11.4 Å². The zero-order chi connectivity index (χ0) is 21.3. The molecule has 2 aromatic carbocycles. The first-order chi connectivity index (χ1) is 12.8. The number of anilines is 1. The van der Waals surface area contributed by atoms with E-state index in [0.717, 1.165) is 12.1 Å². The monoisotopic (exact) mass is 417 g/mol. The second kappa shape index (κ2) is 7.24. The maximum atomic E-state index is 12.7. The quantitative estimate of drug-likeness (QED) is 0.687. The molecule has 0 aliphatic rings. The predicted molar refractivity (Wildman–Crippen MR) is 90.6 cm³/mol. The van der Waals surface area contributed by atoms with Crippen molar-refractivity contribution in [3.05, 3.63) is 54.1 Å². The van der Waals surface area contributed by atoms with Crippen molar-refractivity contribution in [2.45, 2.75) is 28.5 Å². The van der Waals surface area contributed by atoms with E-state index >= 15 is 0 Å². The third-order valence-electron chi connectivity index (χ3n) is 3.83. The number of sulfone groups is 1. The zero-order valence-electron chi connectivity index (χ0n) is 14.2. The second-order valence-electron chi connectivity index (χ2n) is 5.85. The van der Waals surface area contributed by atoms with Crippen molar-refractivity contribution >= 4 is 27.4 Å². The molecule has 2 rings (SSSR count). The van der Waals surface area contributed by atoms with Crippen molar-refractivity contribution in [1.29, 1.82) is 0 Å². The lowest BCUT2D eigenvalue weighted by atomic mass is 10.0. The fraction of sp³-hybridized carbons (Fsp3) is 0.176. The van der Waals surface area contributed by atoms with Gasteiger partial charge in [-0.3, -0.25) is 4.79 Å². The minimum atomic E-state index is -5.31. The predicted octanol–water partition coefficient (Wildman–Crippen LogP) is 2.47. The number of hydrogen-bond donors (Lipinski definition) is 3. The molecule has 1 atom stereocenters. The van der Waals surface area contributed by atoms with Crippen LogP contribution in [-0.4, -0.2) is 42.3 Å². The first-order valence-corrected chi connectivity index (χ1v) is 9.05. The largest absolute Gasteiger partial charge is 0.478 e. The number of alkyl halides is 3. The van der Waals surface area contributed by atoms with Crippen LogP contribution in [0.1, 0.15) is 17.3 Å². The van der Waals surface area contributed by atoms with Gasteiger partial charge < -0.3 is 15.5 Å². The van der Waals surface area contributed by atoms with Gasteiger partial charge in [-0.15, -0.1) is 0 Å². The molecule has 0 aliphatic carbocycles. The number of carboxylic acids is 1. The van der Waals surface area contributed by atoms with Crippen molar-refractivity contribution in [3.63, 3.8) is 0 Å². The molecule has 0 aromatic heterocycles. The molecular weight excluding hydrogens is 403 g/mol. The van der Waals surface area contributed by atoms with Crippen LogP contribution in [-0.2, 0) is 14.6 Å². The van der Waals surface area contributed by atoms with Gasteiger partial charge in [0.15, 0.2) is 0 Å². The Kier molecular flexibility index (Phi) is 5.53. The van der Waals surface area contributed by atoms with Gasteiger partial charge in [-0.05, 0) is 37.3 Å². The maximum absolute atomic E-state index is 12.7. The minimum absolute atomic E-state index is 0.122. The second-order valence-corrected chi connectivity index (χ2v) is 7.80. The summed E-state index contributed by atoms with van der Waals surface area (Å²) < 4.78 is 63.4. The maximum Gasteiger partial charge on any atom is 0.426 e. The van der Waals surface area contributed by atoms with Crippen LogP contribution in [0.4, 0.5) is 18.9 Å². The molecular formula is C17H14F3NO6S. The van der Waals surface area contributed by atoms with E-state index < -0.39 is 49.6 Å².